The Balaban J connectivity index is 1.86. The molecule has 0 spiro atoms. The van der Waals surface area contributed by atoms with Crippen LogP contribution in [0.5, 0.6) is 0 Å². The van der Waals surface area contributed by atoms with Gasteiger partial charge in [0.1, 0.15) is 0 Å². The number of hydrogen-bond acceptors (Lipinski definition) is 4. The highest BCUT2D eigenvalue weighted by molar-refractivity contribution is 4.96. The van der Waals surface area contributed by atoms with Gasteiger partial charge in [0.15, 0.2) is 0 Å². The minimum Gasteiger partial charge on any atom is -0.377 e. The van der Waals surface area contributed by atoms with Gasteiger partial charge in [0, 0.05) is 31.8 Å². The van der Waals surface area contributed by atoms with Crippen molar-refractivity contribution < 1.29 is 4.74 Å². The first kappa shape index (κ1) is 17.2. The lowest BCUT2D eigenvalue weighted by Gasteiger charge is -2.48. The van der Waals surface area contributed by atoms with Crippen molar-refractivity contribution in [2.45, 2.75) is 57.6 Å². The Labute approximate surface area is 131 Å². The van der Waals surface area contributed by atoms with E-state index in [1.54, 1.807) is 0 Å². The second-order valence-corrected chi connectivity index (χ2v) is 7.49. The van der Waals surface area contributed by atoms with Crippen molar-refractivity contribution in [1.82, 2.24) is 9.80 Å². The molecule has 4 heteroatoms. The van der Waals surface area contributed by atoms with E-state index in [0.29, 0.717) is 6.10 Å². The van der Waals surface area contributed by atoms with E-state index < -0.39 is 0 Å². The summed E-state index contributed by atoms with van der Waals surface area (Å²) in [5.74, 6) is 0.753. The average Bonchev–Trinajstić information content (AvgIpc) is 2.48. The van der Waals surface area contributed by atoms with Gasteiger partial charge in [0.05, 0.1) is 6.10 Å². The number of piperidine rings is 1. The molecule has 1 unspecified atom stereocenters. The fraction of sp³-hybridized carbons (Fsp3) is 1.00. The molecule has 2 fully saturated rings. The van der Waals surface area contributed by atoms with Crippen molar-refractivity contribution in [2.75, 3.05) is 46.4 Å². The first-order chi connectivity index (χ1) is 10.1. The predicted molar refractivity (Wildman–Crippen MR) is 88.5 cm³/mol. The molecule has 2 rings (SSSR count). The number of nitrogens with zero attached hydrogens (tertiary/aromatic N) is 2. The van der Waals surface area contributed by atoms with Crippen LogP contribution in [-0.2, 0) is 4.74 Å². The lowest BCUT2D eigenvalue weighted by atomic mass is 9.85. The van der Waals surface area contributed by atoms with Crippen LogP contribution in [0.4, 0.5) is 0 Å². The number of nitrogens with two attached hydrogens (primary N) is 1. The van der Waals surface area contributed by atoms with Crippen molar-refractivity contribution in [3.05, 3.63) is 0 Å². The third-order valence-corrected chi connectivity index (χ3v) is 5.35. The molecule has 1 atom stereocenters. The molecular weight excluding hydrogens is 262 g/mol. The molecule has 0 saturated carbocycles. The molecule has 2 saturated heterocycles. The maximum absolute atomic E-state index is 6.19. The van der Waals surface area contributed by atoms with E-state index in [4.69, 9.17) is 10.5 Å². The molecule has 2 aliphatic rings. The number of ether oxygens (including phenoxy) is 1. The van der Waals surface area contributed by atoms with Gasteiger partial charge in [-0.3, -0.25) is 4.90 Å². The van der Waals surface area contributed by atoms with Crippen molar-refractivity contribution in [3.8, 4) is 0 Å². The molecule has 124 valence electrons. The maximum atomic E-state index is 6.19. The molecule has 0 aromatic rings. The lowest BCUT2D eigenvalue weighted by molar-refractivity contribution is -0.0364. The van der Waals surface area contributed by atoms with E-state index in [0.717, 1.165) is 25.6 Å². The summed E-state index contributed by atoms with van der Waals surface area (Å²) in [4.78, 5) is 5.11. The quantitative estimate of drug-likeness (QED) is 0.813. The van der Waals surface area contributed by atoms with Crippen LogP contribution in [0.3, 0.4) is 0 Å². The summed E-state index contributed by atoms with van der Waals surface area (Å²) in [5.41, 5.74) is 6.38. The molecule has 0 aromatic heterocycles. The molecule has 0 amide bonds. The molecule has 0 bridgehead atoms. The van der Waals surface area contributed by atoms with E-state index >= 15 is 0 Å². The van der Waals surface area contributed by atoms with E-state index in [9.17, 15) is 0 Å². The van der Waals surface area contributed by atoms with Crippen molar-refractivity contribution in [3.63, 3.8) is 0 Å². The van der Waals surface area contributed by atoms with Gasteiger partial charge in [-0.15, -0.1) is 0 Å². The van der Waals surface area contributed by atoms with Crippen LogP contribution in [0.1, 0.15) is 46.0 Å². The molecule has 2 aliphatic heterocycles. The number of likely N-dealkylation sites (N-methyl/N-ethyl adjacent to an activating group) is 1. The van der Waals surface area contributed by atoms with Gasteiger partial charge in [0.25, 0.3) is 0 Å². The Kier molecular flexibility index (Phi) is 6.48. The second kappa shape index (κ2) is 7.91. The van der Waals surface area contributed by atoms with Crippen LogP contribution < -0.4 is 5.73 Å². The Morgan fingerprint density at radius 1 is 1.29 bits per heavy atom. The highest BCUT2D eigenvalue weighted by Crippen LogP contribution is 2.28. The van der Waals surface area contributed by atoms with E-state index in [1.165, 1.54) is 51.7 Å². The third-order valence-electron chi connectivity index (χ3n) is 5.35. The SMILES string of the molecule is CC(C)CN1CCC(CN)(N(C)CC2CCCCO2)CC1. The normalized spacial score (nSPS) is 27.4. The van der Waals surface area contributed by atoms with E-state index in [1.807, 2.05) is 0 Å². The molecular formula is C17H35N3O. The molecule has 21 heavy (non-hydrogen) atoms. The summed E-state index contributed by atoms with van der Waals surface area (Å²) in [6.45, 7) is 10.9. The summed E-state index contributed by atoms with van der Waals surface area (Å²) in [6, 6.07) is 0. The molecule has 2 N–H and O–H groups in total. The van der Waals surface area contributed by atoms with Crippen LogP contribution in [0.25, 0.3) is 0 Å². The Morgan fingerprint density at radius 3 is 2.52 bits per heavy atom. The highest BCUT2D eigenvalue weighted by atomic mass is 16.5. The van der Waals surface area contributed by atoms with Crippen molar-refractivity contribution in [2.24, 2.45) is 11.7 Å². The molecule has 0 aliphatic carbocycles. The summed E-state index contributed by atoms with van der Waals surface area (Å²) in [7, 11) is 2.25. The van der Waals surface area contributed by atoms with Crippen LogP contribution in [0.2, 0.25) is 0 Å². The van der Waals surface area contributed by atoms with Gasteiger partial charge in [-0.05, 0) is 58.2 Å². The fourth-order valence-electron chi connectivity index (χ4n) is 3.86. The van der Waals surface area contributed by atoms with Gasteiger partial charge in [0.2, 0.25) is 0 Å². The smallest absolute Gasteiger partial charge is 0.0702 e. The molecule has 0 radical (unpaired) electrons. The Morgan fingerprint density at radius 2 is 2.00 bits per heavy atom. The zero-order valence-corrected chi connectivity index (χ0v) is 14.3. The first-order valence-corrected chi connectivity index (χ1v) is 8.81. The zero-order valence-electron chi connectivity index (χ0n) is 14.3. The molecule has 2 heterocycles. The largest absolute Gasteiger partial charge is 0.377 e. The Hall–Kier alpha value is -0.160. The second-order valence-electron chi connectivity index (χ2n) is 7.49. The van der Waals surface area contributed by atoms with Crippen LogP contribution in [-0.4, -0.2) is 67.8 Å². The average molecular weight is 297 g/mol. The summed E-state index contributed by atoms with van der Waals surface area (Å²) >= 11 is 0. The maximum Gasteiger partial charge on any atom is 0.0702 e. The van der Waals surface area contributed by atoms with Gasteiger partial charge < -0.3 is 15.4 Å². The van der Waals surface area contributed by atoms with Crippen molar-refractivity contribution >= 4 is 0 Å². The minimum absolute atomic E-state index is 0.189. The predicted octanol–water partition coefficient (Wildman–Crippen LogP) is 1.94. The fourth-order valence-corrected chi connectivity index (χ4v) is 3.86. The van der Waals surface area contributed by atoms with Gasteiger partial charge in [-0.1, -0.05) is 13.8 Å². The van der Waals surface area contributed by atoms with Gasteiger partial charge in [-0.25, -0.2) is 0 Å². The highest BCUT2D eigenvalue weighted by Gasteiger charge is 2.38. The topological polar surface area (TPSA) is 41.7 Å². The molecule has 0 aromatic carbocycles. The van der Waals surface area contributed by atoms with Crippen LogP contribution >= 0.6 is 0 Å². The zero-order chi connectivity index (χ0) is 15.3. The van der Waals surface area contributed by atoms with E-state index in [2.05, 4.69) is 30.7 Å². The van der Waals surface area contributed by atoms with Gasteiger partial charge in [-0.2, -0.15) is 0 Å². The van der Waals surface area contributed by atoms with Gasteiger partial charge >= 0.3 is 0 Å². The number of likely N-dealkylation sites (tertiary alicyclic amines) is 1. The lowest BCUT2D eigenvalue weighted by Crippen LogP contribution is -2.59. The van der Waals surface area contributed by atoms with E-state index in [-0.39, 0.29) is 5.54 Å². The monoisotopic (exact) mass is 297 g/mol. The number of hydrogen-bond donors (Lipinski definition) is 1. The summed E-state index contributed by atoms with van der Waals surface area (Å²) < 4.78 is 5.91. The first-order valence-electron chi connectivity index (χ1n) is 8.81. The standard InChI is InChI=1S/C17H35N3O/c1-15(2)12-20-9-7-17(14-18,8-10-20)19(3)13-16-6-4-5-11-21-16/h15-16H,4-14,18H2,1-3H3. The summed E-state index contributed by atoms with van der Waals surface area (Å²) in [5, 5.41) is 0. The van der Waals surface area contributed by atoms with Crippen molar-refractivity contribution in [1.29, 1.82) is 0 Å². The summed E-state index contributed by atoms with van der Waals surface area (Å²) in [6.07, 6.45) is 6.56. The number of rotatable bonds is 6. The third kappa shape index (κ3) is 4.65. The molecule has 4 nitrogen and oxygen atoms in total. The minimum atomic E-state index is 0.189. The van der Waals surface area contributed by atoms with Crippen LogP contribution in [0, 0.1) is 5.92 Å². The van der Waals surface area contributed by atoms with Crippen LogP contribution in [0.15, 0.2) is 0 Å². The Bertz CT molecular complexity index is 294.